The highest BCUT2D eigenvalue weighted by atomic mass is 19.4. The van der Waals surface area contributed by atoms with Crippen molar-refractivity contribution in [3.63, 3.8) is 0 Å². The SMILES string of the molecule is O=C(c1cc(=O)c2ccccc2o1)N1CC(Oc2cccc(C(F)(F)F)n2)C1. The molecule has 1 aromatic carbocycles. The first-order valence-electron chi connectivity index (χ1n) is 8.34. The molecule has 144 valence electrons. The fourth-order valence-corrected chi connectivity index (χ4v) is 2.85. The lowest BCUT2D eigenvalue weighted by atomic mass is 10.1. The van der Waals surface area contributed by atoms with Gasteiger partial charge in [0.25, 0.3) is 5.91 Å². The standard InChI is InChI=1S/C19H13F3N2O4/c20-19(21,22)16-6-3-7-17(23-16)27-11-9-24(10-11)18(26)15-8-13(25)12-4-1-2-5-14(12)28-15/h1-8,11H,9-10H2. The molecule has 0 saturated carbocycles. The molecule has 1 fully saturated rings. The van der Waals surface area contributed by atoms with Crippen LogP contribution < -0.4 is 10.2 Å². The van der Waals surface area contributed by atoms with E-state index in [0.717, 1.165) is 12.1 Å². The molecule has 0 radical (unpaired) electrons. The monoisotopic (exact) mass is 390 g/mol. The molecule has 1 aliphatic rings. The van der Waals surface area contributed by atoms with Crippen LogP contribution in [0.3, 0.4) is 0 Å². The highest BCUT2D eigenvalue weighted by molar-refractivity contribution is 5.93. The molecule has 9 heteroatoms. The second-order valence-electron chi connectivity index (χ2n) is 6.28. The molecule has 2 aromatic heterocycles. The Bertz CT molecular complexity index is 1100. The lowest BCUT2D eigenvalue weighted by Gasteiger charge is -2.38. The normalized spacial score (nSPS) is 14.8. The van der Waals surface area contributed by atoms with E-state index in [1.165, 1.54) is 17.0 Å². The number of amides is 1. The fourth-order valence-electron chi connectivity index (χ4n) is 2.85. The maximum absolute atomic E-state index is 12.7. The summed E-state index contributed by atoms with van der Waals surface area (Å²) in [5.74, 6) is -0.747. The Morgan fingerprint density at radius 2 is 1.89 bits per heavy atom. The van der Waals surface area contributed by atoms with Gasteiger partial charge in [0.15, 0.2) is 11.2 Å². The summed E-state index contributed by atoms with van der Waals surface area (Å²) in [4.78, 5) is 29.4. The summed E-state index contributed by atoms with van der Waals surface area (Å²) in [6.07, 6.45) is -5.05. The van der Waals surface area contributed by atoms with Gasteiger partial charge in [0.05, 0.1) is 18.5 Å². The van der Waals surface area contributed by atoms with Gasteiger partial charge in [-0.3, -0.25) is 9.59 Å². The number of carbonyl (C=O) groups excluding carboxylic acids is 1. The van der Waals surface area contributed by atoms with Gasteiger partial charge in [-0.05, 0) is 18.2 Å². The Kier molecular flexibility index (Phi) is 4.29. The largest absolute Gasteiger partial charge is 0.471 e. The quantitative estimate of drug-likeness (QED) is 0.687. The summed E-state index contributed by atoms with van der Waals surface area (Å²) < 4.78 is 49.0. The van der Waals surface area contributed by atoms with Crippen LogP contribution >= 0.6 is 0 Å². The first-order chi connectivity index (χ1) is 13.3. The number of pyridine rings is 1. The number of para-hydroxylation sites is 1. The van der Waals surface area contributed by atoms with Crippen molar-refractivity contribution in [2.45, 2.75) is 12.3 Å². The molecule has 1 saturated heterocycles. The predicted molar refractivity (Wildman–Crippen MR) is 92.0 cm³/mol. The van der Waals surface area contributed by atoms with Gasteiger partial charge in [0.2, 0.25) is 5.88 Å². The molecule has 0 spiro atoms. The van der Waals surface area contributed by atoms with Crippen LogP contribution in [0, 0.1) is 0 Å². The number of carbonyl (C=O) groups is 1. The number of fused-ring (bicyclic) bond motifs is 1. The predicted octanol–water partition coefficient (Wildman–Crippen LogP) is 3.11. The second kappa shape index (κ2) is 6.66. The third kappa shape index (κ3) is 3.42. The number of benzene rings is 1. The van der Waals surface area contributed by atoms with Crippen molar-refractivity contribution in [3.8, 4) is 5.88 Å². The van der Waals surface area contributed by atoms with Crippen LogP contribution in [0.25, 0.3) is 11.0 Å². The molecule has 6 nitrogen and oxygen atoms in total. The Morgan fingerprint density at radius 1 is 1.14 bits per heavy atom. The van der Waals surface area contributed by atoms with E-state index in [-0.39, 0.29) is 30.2 Å². The summed E-state index contributed by atoms with van der Waals surface area (Å²) in [6.45, 7) is 0.292. The van der Waals surface area contributed by atoms with Crippen LogP contribution in [0.1, 0.15) is 16.2 Å². The maximum atomic E-state index is 12.7. The number of hydrogen-bond donors (Lipinski definition) is 0. The summed E-state index contributed by atoms with van der Waals surface area (Å²) >= 11 is 0. The maximum Gasteiger partial charge on any atom is 0.433 e. The van der Waals surface area contributed by atoms with E-state index in [0.29, 0.717) is 11.0 Å². The summed E-state index contributed by atoms with van der Waals surface area (Å²) in [7, 11) is 0. The lowest BCUT2D eigenvalue weighted by Crippen LogP contribution is -2.56. The first kappa shape index (κ1) is 18.0. The highest BCUT2D eigenvalue weighted by Crippen LogP contribution is 2.29. The van der Waals surface area contributed by atoms with Gasteiger partial charge in [-0.1, -0.05) is 18.2 Å². The molecule has 3 aromatic rings. The van der Waals surface area contributed by atoms with E-state index >= 15 is 0 Å². The Labute approximate surface area is 156 Å². The number of nitrogens with zero attached hydrogens (tertiary/aromatic N) is 2. The van der Waals surface area contributed by atoms with E-state index in [1.54, 1.807) is 24.3 Å². The van der Waals surface area contributed by atoms with Crippen LogP contribution in [0.4, 0.5) is 13.2 Å². The van der Waals surface area contributed by atoms with Crippen molar-refractivity contribution in [1.82, 2.24) is 9.88 Å². The van der Waals surface area contributed by atoms with E-state index in [9.17, 15) is 22.8 Å². The molecule has 1 aliphatic heterocycles. The van der Waals surface area contributed by atoms with Gasteiger partial charge in [0, 0.05) is 12.1 Å². The number of rotatable bonds is 3. The van der Waals surface area contributed by atoms with Crippen LogP contribution in [0.15, 0.2) is 57.7 Å². The molecular weight excluding hydrogens is 377 g/mol. The topological polar surface area (TPSA) is 72.6 Å². The van der Waals surface area contributed by atoms with Crippen molar-refractivity contribution in [2.75, 3.05) is 13.1 Å². The second-order valence-corrected chi connectivity index (χ2v) is 6.28. The van der Waals surface area contributed by atoms with Gasteiger partial charge in [0.1, 0.15) is 17.4 Å². The Morgan fingerprint density at radius 3 is 2.64 bits per heavy atom. The van der Waals surface area contributed by atoms with Gasteiger partial charge >= 0.3 is 6.18 Å². The average Bonchev–Trinajstić information content (AvgIpc) is 2.63. The molecule has 28 heavy (non-hydrogen) atoms. The Hall–Kier alpha value is -3.36. The van der Waals surface area contributed by atoms with Crippen molar-refractivity contribution in [2.24, 2.45) is 0 Å². The van der Waals surface area contributed by atoms with Crippen LogP contribution in [0.5, 0.6) is 5.88 Å². The van der Waals surface area contributed by atoms with Gasteiger partial charge in [-0.2, -0.15) is 13.2 Å². The number of ether oxygens (including phenoxy) is 1. The number of halogens is 3. The zero-order valence-electron chi connectivity index (χ0n) is 14.3. The minimum Gasteiger partial charge on any atom is -0.471 e. The molecular formula is C19H13F3N2O4. The summed E-state index contributed by atoms with van der Waals surface area (Å²) in [6, 6.07) is 11.1. The lowest BCUT2D eigenvalue weighted by molar-refractivity contribution is -0.141. The minimum absolute atomic E-state index is 0.0978. The third-order valence-electron chi connectivity index (χ3n) is 4.28. The van der Waals surface area contributed by atoms with Crippen molar-refractivity contribution in [1.29, 1.82) is 0 Å². The zero-order valence-corrected chi connectivity index (χ0v) is 14.3. The zero-order chi connectivity index (χ0) is 19.9. The molecule has 0 unspecified atom stereocenters. The van der Waals surface area contributed by atoms with Gasteiger partial charge in [-0.25, -0.2) is 4.98 Å². The van der Waals surface area contributed by atoms with E-state index in [1.807, 2.05) is 0 Å². The number of likely N-dealkylation sites (tertiary alicyclic amines) is 1. The molecule has 0 atom stereocenters. The molecule has 1 amide bonds. The fraction of sp³-hybridized carbons (Fsp3) is 0.211. The van der Waals surface area contributed by atoms with Gasteiger partial charge < -0.3 is 14.1 Å². The molecule has 0 aliphatic carbocycles. The molecule has 4 rings (SSSR count). The van der Waals surface area contributed by atoms with Crippen LogP contribution in [-0.2, 0) is 6.18 Å². The molecule has 3 heterocycles. The number of alkyl halides is 3. The average molecular weight is 390 g/mol. The summed E-state index contributed by atoms with van der Waals surface area (Å²) in [5.41, 5.74) is -1.07. The highest BCUT2D eigenvalue weighted by Gasteiger charge is 2.36. The van der Waals surface area contributed by atoms with Crippen LogP contribution in [-0.4, -0.2) is 35.0 Å². The molecule has 0 N–H and O–H groups in total. The van der Waals surface area contributed by atoms with Crippen molar-refractivity contribution >= 4 is 16.9 Å². The van der Waals surface area contributed by atoms with Crippen molar-refractivity contribution < 1.29 is 27.1 Å². The molecule has 0 bridgehead atoms. The van der Waals surface area contributed by atoms with Crippen LogP contribution in [0.2, 0.25) is 0 Å². The minimum atomic E-state index is -4.56. The van der Waals surface area contributed by atoms with Gasteiger partial charge in [-0.15, -0.1) is 0 Å². The number of aromatic nitrogens is 1. The smallest absolute Gasteiger partial charge is 0.433 e. The van der Waals surface area contributed by atoms with E-state index < -0.39 is 23.9 Å². The third-order valence-corrected chi connectivity index (χ3v) is 4.28. The van der Waals surface area contributed by atoms with E-state index in [2.05, 4.69) is 4.98 Å². The van der Waals surface area contributed by atoms with E-state index in [4.69, 9.17) is 9.15 Å². The van der Waals surface area contributed by atoms with Crippen molar-refractivity contribution in [3.05, 3.63) is 70.2 Å². The summed E-state index contributed by atoms with van der Waals surface area (Å²) in [5, 5.41) is 0.375. The number of hydrogen-bond acceptors (Lipinski definition) is 5. The Balaban J connectivity index is 1.43. The first-order valence-corrected chi connectivity index (χ1v) is 8.34.